The third kappa shape index (κ3) is 4.63. The van der Waals surface area contributed by atoms with Gasteiger partial charge in [0.15, 0.2) is 6.10 Å². The minimum Gasteiger partial charge on any atom is -0.484 e. The van der Waals surface area contributed by atoms with E-state index in [2.05, 4.69) is 28.9 Å². The predicted molar refractivity (Wildman–Crippen MR) is 104 cm³/mol. The lowest BCUT2D eigenvalue weighted by Gasteiger charge is -2.20. The van der Waals surface area contributed by atoms with Crippen molar-refractivity contribution in [2.45, 2.75) is 32.3 Å². The fraction of sp³-hybridized carbons (Fsp3) is 0.318. The first-order valence-corrected chi connectivity index (χ1v) is 9.45. The summed E-state index contributed by atoms with van der Waals surface area (Å²) in [6.45, 7) is 0.163. The average Bonchev–Trinajstić information content (AvgIpc) is 3.34. The van der Waals surface area contributed by atoms with Gasteiger partial charge in [-0.15, -0.1) is 0 Å². The molecule has 1 aromatic heterocycles. The summed E-state index contributed by atoms with van der Waals surface area (Å²) in [5, 5.41) is 4.67. The van der Waals surface area contributed by atoms with Gasteiger partial charge in [0.1, 0.15) is 11.9 Å². The van der Waals surface area contributed by atoms with Crippen molar-refractivity contribution in [3.8, 4) is 17.0 Å². The second kappa shape index (κ2) is 8.71. The third-order valence-electron chi connectivity index (χ3n) is 4.93. The van der Waals surface area contributed by atoms with E-state index in [0.29, 0.717) is 12.3 Å². The first-order valence-electron chi connectivity index (χ1n) is 9.45. The summed E-state index contributed by atoms with van der Waals surface area (Å²) in [7, 11) is 0. The van der Waals surface area contributed by atoms with Gasteiger partial charge in [-0.25, -0.2) is 0 Å². The van der Waals surface area contributed by atoms with Gasteiger partial charge in [0.2, 0.25) is 0 Å². The highest BCUT2D eigenvalue weighted by Gasteiger charge is 2.33. The SMILES string of the molecule is Cc1ccccc1Cn1ccc(-c2ccccc2O[C@@H]2COCC2OC(F)F)n1. The Labute approximate surface area is 167 Å². The quantitative estimate of drug-likeness (QED) is 0.594. The number of para-hydroxylation sites is 1. The summed E-state index contributed by atoms with van der Waals surface area (Å²) in [5.41, 5.74) is 3.94. The highest BCUT2D eigenvalue weighted by Crippen LogP contribution is 2.31. The van der Waals surface area contributed by atoms with Crippen molar-refractivity contribution in [2.75, 3.05) is 13.2 Å². The molecule has 2 atom stereocenters. The number of nitrogens with zero attached hydrogens (tertiary/aromatic N) is 2. The summed E-state index contributed by atoms with van der Waals surface area (Å²) in [4.78, 5) is 0. The lowest BCUT2D eigenvalue weighted by Crippen LogP contribution is -2.34. The molecule has 2 heterocycles. The molecule has 1 unspecified atom stereocenters. The molecule has 0 amide bonds. The largest absolute Gasteiger partial charge is 0.484 e. The molecule has 0 radical (unpaired) electrons. The maximum absolute atomic E-state index is 12.6. The Morgan fingerprint density at radius 1 is 1.07 bits per heavy atom. The molecule has 7 heteroatoms. The second-order valence-corrected chi connectivity index (χ2v) is 6.95. The molecule has 0 saturated carbocycles. The molecule has 0 spiro atoms. The summed E-state index contributed by atoms with van der Waals surface area (Å²) >= 11 is 0. The van der Waals surface area contributed by atoms with E-state index >= 15 is 0 Å². The van der Waals surface area contributed by atoms with Gasteiger partial charge in [0.25, 0.3) is 0 Å². The van der Waals surface area contributed by atoms with Gasteiger partial charge in [0, 0.05) is 11.8 Å². The number of halogens is 2. The maximum atomic E-state index is 12.6. The van der Waals surface area contributed by atoms with Crippen LogP contribution in [0.2, 0.25) is 0 Å². The number of benzene rings is 2. The first-order chi connectivity index (χ1) is 14.1. The number of rotatable bonds is 7. The lowest BCUT2D eigenvalue weighted by molar-refractivity contribution is -0.175. The van der Waals surface area contributed by atoms with Crippen LogP contribution in [0, 0.1) is 6.92 Å². The molecule has 1 fully saturated rings. The van der Waals surface area contributed by atoms with Crippen LogP contribution >= 0.6 is 0 Å². The van der Waals surface area contributed by atoms with Crippen molar-refractivity contribution in [1.29, 1.82) is 0 Å². The van der Waals surface area contributed by atoms with Crippen molar-refractivity contribution in [3.63, 3.8) is 0 Å². The number of aryl methyl sites for hydroxylation is 1. The zero-order chi connectivity index (χ0) is 20.2. The molecule has 1 aliphatic heterocycles. The molecule has 5 nitrogen and oxygen atoms in total. The topological polar surface area (TPSA) is 45.5 Å². The van der Waals surface area contributed by atoms with Crippen molar-refractivity contribution >= 4 is 0 Å². The Balaban J connectivity index is 1.53. The minimum atomic E-state index is -2.86. The fourth-order valence-corrected chi connectivity index (χ4v) is 3.38. The molecular weight excluding hydrogens is 378 g/mol. The Morgan fingerprint density at radius 3 is 2.66 bits per heavy atom. The second-order valence-electron chi connectivity index (χ2n) is 6.95. The predicted octanol–water partition coefficient (Wildman–Crippen LogP) is 4.29. The van der Waals surface area contributed by atoms with Gasteiger partial charge in [-0.2, -0.15) is 13.9 Å². The smallest absolute Gasteiger partial charge is 0.345 e. The summed E-state index contributed by atoms with van der Waals surface area (Å²) in [6.07, 6.45) is 0.515. The molecule has 4 rings (SSSR count). The van der Waals surface area contributed by atoms with Crippen LogP contribution in [0.5, 0.6) is 5.75 Å². The van der Waals surface area contributed by atoms with E-state index in [4.69, 9.17) is 9.47 Å². The summed E-state index contributed by atoms with van der Waals surface area (Å²) in [5.74, 6) is 0.562. The van der Waals surface area contributed by atoms with Crippen LogP contribution in [0.3, 0.4) is 0 Å². The van der Waals surface area contributed by atoms with Crippen molar-refractivity contribution in [3.05, 3.63) is 71.9 Å². The van der Waals surface area contributed by atoms with Gasteiger partial charge in [-0.3, -0.25) is 4.68 Å². The number of hydrogen-bond acceptors (Lipinski definition) is 4. The Bertz CT molecular complexity index is 960. The fourth-order valence-electron chi connectivity index (χ4n) is 3.38. The van der Waals surface area contributed by atoms with E-state index in [1.54, 1.807) is 6.07 Å². The Morgan fingerprint density at radius 2 is 1.83 bits per heavy atom. The van der Waals surface area contributed by atoms with E-state index in [0.717, 1.165) is 11.3 Å². The molecule has 0 aliphatic carbocycles. The molecular formula is C22H22F2N2O3. The van der Waals surface area contributed by atoms with Gasteiger partial charge < -0.3 is 14.2 Å². The Kier molecular flexibility index (Phi) is 5.87. The van der Waals surface area contributed by atoms with Crippen LogP contribution in [-0.4, -0.2) is 41.8 Å². The van der Waals surface area contributed by atoms with Gasteiger partial charge >= 0.3 is 6.61 Å². The zero-order valence-electron chi connectivity index (χ0n) is 16.0. The monoisotopic (exact) mass is 400 g/mol. The lowest BCUT2D eigenvalue weighted by atomic mass is 10.1. The van der Waals surface area contributed by atoms with Gasteiger partial charge in [-0.1, -0.05) is 36.4 Å². The van der Waals surface area contributed by atoms with E-state index in [1.807, 2.05) is 47.3 Å². The Hall–Kier alpha value is -2.77. The van der Waals surface area contributed by atoms with E-state index in [9.17, 15) is 8.78 Å². The van der Waals surface area contributed by atoms with E-state index < -0.39 is 18.8 Å². The van der Waals surface area contributed by atoms with Gasteiger partial charge in [-0.05, 0) is 36.2 Å². The molecule has 29 heavy (non-hydrogen) atoms. The molecule has 1 aliphatic rings. The van der Waals surface area contributed by atoms with Gasteiger partial charge in [0.05, 0.1) is 25.5 Å². The summed E-state index contributed by atoms with van der Waals surface area (Å²) < 4.78 is 43.0. The molecule has 0 N–H and O–H groups in total. The molecule has 1 saturated heterocycles. The van der Waals surface area contributed by atoms with Crippen molar-refractivity contribution < 1.29 is 23.0 Å². The molecule has 3 aromatic rings. The molecule has 0 bridgehead atoms. The summed E-state index contributed by atoms with van der Waals surface area (Å²) in [6, 6.07) is 17.5. The minimum absolute atomic E-state index is 0.0855. The van der Waals surface area contributed by atoms with Crippen LogP contribution in [0.4, 0.5) is 8.78 Å². The number of hydrogen-bond donors (Lipinski definition) is 0. The highest BCUT2D eigenvalue weighted by molar-refractivity contribution is 5.66. The van der Waals surface area contributed by atoms with Crippen LogP contribution < -0.4 is 4.74 Å². The first kappa shape index (κ1) is 19.5. The maximum Gasteiger partial charge on any atom is 0.345 e. The standard InChI is InChI=1S/C22H22F2N2O3/c1-15-6-2-3-7-16(15)12-26-11-10-18(25-26)17-8-4-5-9-19(17)28-20-13-27-14-21(20)29-22(23)24/h2-11,20-22H,12-14H2,1H3/t20-,21?/m1/s1. The van der Waals surface area contributed by atoms with Crippen LogP contribution in [-0.2, 0) is 16.0 Å². The zero-order valence-corrected chi connectivity index (χ0v) is 16.0. The van der Waals surface area contributed by atoms with E-state index in [1.165, 1.54) is 11.1 Å². The highest BCUT2D eigenvalue weighted by atomic mass is 19.3. The van der Waals surface area contributed by atoms with Crippen LogP contribution in [0.1, 0.15) is 11.1 Å². The van der Waals surface area contributed by atoms with E-state index in [-0.39, 0.29) is 13.2 Å². The molecule has 152 valence electrons. The average molecular weight is 400 g/mol. The van der Waals surface area contributed by atoms with Crippen LogP contribution in [0.15, 0.2) is 60.8 Å². The number of alkyl halides is 2. The normalized spacial score (nSPS) is 19.0. The number of ether oxygens (including phenoxy) is 3. The number of aromatic nitrogens is 2. The van der Waals surface area contributed by atoms with Crippen LogP contribution in [0.25, 0.3) is 11.3 Å². The third-order valence-corrected chi connectivity index (χ3v) is 4.93. The van der Waals surface area contributed by atoms with Crippen molar-refractivity contribution in [2.24, 2.45) is 0 Å². The van der Waals surface area contributed by atoms with Crippen molar-refractivity contribution in [1.82, 2.24) is 9.78 Å². The molecule has 2 aromatic carbocycles.